The maximum absolute atomic E-state index is 13.2. The highest BCUT2D eigenvalue weighted by molar-refractivity contribution is 5.79. The Morgan fingerprint density at radius 1 is 1.38 bits per heavy atom. The van der Waals surface area contributed by atoms with Crippen LogP contribution >= 0.6 is 0 Å². The summed E-state index contributed by atoms with van der Waals surface area (Å²) in [5, 5.41) is 3.59. The quantitative estimate of drug-likeness (QED) is 0.927. The van der Waals surface area contributed by atoms with Gasteiger partial charge in [-0.1, -0.05) is 19.1 Å². The molecule has 4 heteroatoms. The van der Waals surface area contributed by atoms with E-state index in [4.69, 9.17) is 0 Å². The van der Waals surface area contributed by atoms with E-state index in [9.17, 15) is 9.18 Å². The standard InChI is InChI=1S/C17H23FN2O/c1-12(9-13-3-2-4-14(18)10-13)17(21)20-8-7-15-5-6-16(11-20)19-15/h2-4,10,12,15-16,19H,5-9,11H2,1H3. The fraction of sp³-hybridized carbons (Fsp3) is 0.588. The Kier molecular flexibility index (Phi) is 4.24. The van der Waals surface area contributed by atoms with Gasteiger partial charge in [-0.15, -0.1) is 0 Å². The van der Waals surface area contributed by atoms with Gasteiger partial charge in [-0.25, -0.2) is 4.39 Å². The van der Waals surface area contributed by atoms with Gasteiger partial charge in [0.25, 0.3) is 0 Å². The van der Waals surface area contributed by atoms with Crippen LogP contribution in [0, 0.1) is 11.7 Å². The molecule has 2 bridgehead atoms. The molecule has 3 unspecified atom stereocenters. The largest absolute Gasteiger partial charge is 0.341 e. The zero-order valence-electron chi connectivity index (χ0n) is 12.5. The van der Waals surface area contributed by atoms with Gasteiger partial charge in [-0.3, -0.25) is 4.79 Å². The number of carbonyl (C=O) groups excluding carboxylic acids is 1. The number of rotatable bonds is 3. The van der Waals surface area contributed by atoms with Gasteiger partial charge >= 0.3 is 0 Å². The molecule has 0 radical (unpaired) electrons. The first-order valence-electron chi connectivity index (χ1n) is 7.91. The molecule has 1 N–H and O–H groups in total. The molecule has 2 aliphatic rings. The Labute approximate surface area is 125 Å². The van der Waals surface area contributed by atoms with Gasteiger partial charge in [0.2, 0.25) is 5.91 Å². The molecule has 1 amide bonds. The van der Waals surface area contributed by atoms with E-state index in [0.29, 0.717) is 18.5 Å². The van der Waals surface area contributed by atoms with Crippen LogP contribution in [0.4, 0.5) is 4.39 Å². The number of nitrogens with zero attached hydrogens (tertiary/aromatic N) is 1. The minimum absolute atomic E-state index is 0.0940. The zero-order chi connectivity index (χ0) is 14.8. The number of hydrogen-bond acceptors (Lipinski definition) is 2. The summed E-state index contributed by atoms with van der Waals surface area (Å²) in [6.07, 6.45) is 4.07. The molecule has 0 saturated carbocycles. The van der Waals surface area contributed by atoms with Crippen LogP contribution in [0.1, 0.15) is 31.7 Å². The molecule has 2 aliphatic heterocycles. The van der Waals surface area contributed by atoms with Crippen molar-refractivity contribution in [2.75, 3.05) is 13.1 Å². The summed E-state index contributed by atoms with van der Waals surface area (Å²) < 4.78 is 13.2. The fourth-order valence-corrected chi connectivity index (χ4v) is 3.56. The molecule has 3 rings (SSSR count). The number of amides is 1. The van der Waals surface area contributed by atoms with E-state index >= 15 is 0 Å². The van der Waals surface area contributed by atoms with E-state index in [1.807, 2.05) is 17.9 Å². The van der Waals surface area contributed by atoms with Gasteiger partial charge in [-0.05, 0) is 43.4 Å². The lowest BCUT2D eigenvalue weighted by atomic mass is 9.98. The fourth-order valence-electron chi connectivity index (χ4n) is 3.56. The first-order chi connectivity index (χ1) is 10.1. The Morgan fingerprint density at radius 2 is 2.19 bits per heavy atom. The summed E-state index contributed by atoms with van der Waals surface area (Å²) in [5.41, 5.74) is 0.894. The number of halogens is 1. The SMILES string of the molecule is CC(Cc1cccc(F)c1)C(=O)N1CCC2CCC(C1)N2. The van der Waals surface area contributed by atoms with Crippen molar-refractivity contribution in [2.45, 2.75) is 44.7 Å². The summed E-state index contributed by atoms with van der Waals surface area (Å²) in [5.74, 6) is -0.125. The number of nitrogens with one attached hydrogen (secondary N) is 1. The van der Waals surface area contributed by atoms with Crippen molar-refractivity contribution < 1.29 is 9.18 Å². The van der Waals surface area contributed by atoms with Crippen LogP contribution in [0.2, 0.25) is 0 Å². The highest BCUT2D eigenvalue weighted by Gasteiger charge is 2.32. The molecular weight excluding hydrogens is 267 g/mol. The highest BCUT2D eigenvalue weighted by atomic mass is 19.1. The third kappa shape index (κ3) is 3.43. The van der Waals surface area contributed by atoms with Gasteiger partial charge in [0.1, 0.15) is 5.82 Å². The van der Waals surface area contributed by atoms with Crippen LogP contribution in [0.3, 0.4) is 0 Å². The second kappa shape index (κ2) is 6.14. The van der Waals surface area contributed by atoms with Crippen LogP contribution in [0.5, 0.6) is 0 Å². The average molecular weight is 290 g/mol. The normalized spacial score (nSPS) is 26.5. The predicted octanol–water partition coefficient (Wildman–Crippen LogP) is 2.36. The van der Waals surface area contributed by atoms with Crippen molar-refractivity contribution in [3.05, 3.63) is 35.6 Å². The van der Waals surface area contributed by atoms with Gasteiger partial charge < -0.3 is 10.2 Å². The molecule has 1 aromatic rings. The number of fused-ring (bicyclic) bond motifs is 2. The van der Waals surface area contributed by atoms with Crippen LogP contribution in [-0.2, 0) is 11.2 Å². The van der Waals surface area contributed by atoms with Crippen molar-refractivity contribution >= 4 is 5.91 Å². The van der Waals surface area contributed by atoms with Crippen molar-refractivity contribution in [3.63, 3.8) is 0 Å². The van der Waals surface area contributed by atoms with E-state index in [2.05, 4.69) is 5.32 Å². The van der Waals surface area contributed by atoms with Crippen LogP contribution in [0.15, 0.2) is 24.3 Å². The minimum Gasteiger partial charge on any atom is -0.341 e. The molecular formula is C17H23FN2O. The molecule has 21 heavy (non-hydrogen) atoms. The van der Waals surface area contributed by atoms with Crippen LogP contribution < -0.4 is 5.32 Å². The molecule has 0 aromatic heterocycles. The van der Waals surface area contributed by atoms with Crippen molar-refractivity contribution in [1.29, 1.82) is 0 Å². The lowest BCUT2D eigenvalue weighted by Gasteiger charge is -2.27. The topological polar surface area (TPSA) is 32.3 Å². The van der Waals surface area contributed by atoms with Gasteiger partial charge in [0.15, 0.2) is 0 Å². The molecule has 2 heterocycles. The van der Waals surface area contributed by atoms with Crippen molar-refractivity contribution in [2.24, 2.45) is 5.92 Å². The molecule has 0 spiro atoms. The third-order valence-electron chi connectivity index (χ3n) is 4.69. The lowest BCUT2D eigenvalue weighted by molar-refractivity contribution is -0.135. The van der Waals surface area contributed by atoms with E-state index < -0.39 is 0 Å². The van der Waals surface area contributed by atoms with Crippen LogP contribution in [-0.4, -0.2) is 36.0 Å². The Bertz CT molecular complexity index is 519. The zero-order valence-corrected chi connectivity index (χ0v) is 12.5. The smallest absolute Gasteiger partial charge is 0.225 e. The molecule has 2 fully saturated rings. The molecule has 0 aliphatic carbocycles. The third-order valence-corrected chi connectivity index (χ3v) is 4.69. The minimum atomic E-state index is -0.233. The summed E-state index contributed by atoms with van der Waals surface area (Å²) in [6, 6.07) is 7.60. The predicted molar refractivity (Wildman–Crippen MR) is 80.4 cm³/mol. The van der Waals surface area contributed by atoms with Crippen molar-refractivity contribution in [3.8, 4) is 0 Å². The highest BCUT2D eigenvalue weighted by Crippen LogP contribution is 2.22. The molecule has 3 nitrogen and oxygen atoms in total. The summed E-state index contributed by atoms with van der Waals surface area (Å²) in [7, 11) is 0. The van der Waals surface area contributed by atoms with E-state index in [-0.39, 0.29) is 17.6 Å². The number of likely N-dealkylation sites (tertiary alicyclic amines) is 1. The Hall–Kier alpha value is -1.42. The molecule has 1 aromatic carbocycles. The second-order valence-electron chi connectivity index (χ2n) is 6.45. The average Bonchev–Trinajstić information content (AvgIpc) is 2.77. The second-order valence-corrected chi connectivity index (χ2v) is 6.45. The van der Waals surface area contributed by atoms with E-state index in [0.717, 1.165) is 25.1 Å². The maximum Gasteiger partial charge on any atom is 0.225 e. The monoisotopic (exact) mass is 290 g/mol. The van der Waals surface area contributed by atoms with Gasteiger partial charge in [-0.2, -0.15) is 0 Å². The van der Waals surface area contributed by atoms with Gasteiger partial charge in [0.05, 0.1) is 0 Å². The first kappa shape index (κ1) is 14.5. The molecule has 2 saturated heterocycles. The van der Waals surface area contributed by atoms with E-state index in [1.165, 1.54) is 25.0 Å². The van der Waals surface area contributed by atoms with Gasteiger partial charge in [0, 0.05) is 31.1 Å². The van der Waals surface area contributed by atoms with Crippen LogP contribution in [0.25, 0.3) is 0 Å². The van der Waals surface area contributed by atoms with E-state index in [1.54, 1.807) is 6.07 Å². The van der Waals surface area contributed by atoms with Crippen molar-refractivity contribution in [1.82, 2.24) is 10.2 Å². The maximum atomic E-state index is 13.2. The lowest BCUT2D eigenvalue weighted by Crippen LogP contribution is -2.41. The molecule has 114 valence electrons. The number of hydrogen-bond donors (Lipinski definition) is 1. The Balaban J connectivity index is 1.61. The summed E-state index contributed by atoms with van der Waals surface area (Å²) >= 11 is 0. The Morgan fingerprint density at radius 3 is 3.00 bits per heavy atom. The summed E-state index contributed by atoms with van der Waals surface area (Å²) in [6.45, 7) is 3.62. The number of carbonyl (C=O) groups is 1. The molecule has 3 atom stereocenters. The number of benzene rings is 1. The summed E-state index contributed by atoms with van der Waals surface area (Å²) in [4.78, 5) is 14.6. The first-order valence-corrected chi connectivity index (χ1v) is 7.91.